The van der Waals surface area contributed by atoms with Gasteiger partial charge in [-0.05, 0) is 30.3 Å². The fraction of sp³-hybridized carbons (Fsp3) is 0. The number of hydrogen-bond acceptors (Lipinski definition) is 6. The highest BCUT2D eigenvalue weighted by Gasteiger charge is 2.38. The average molecular weight is 423 g/mol. The summed E-state index contributed by atoms with van der Waals surface area (Å²) in [5.41, 5.74) is -0.0976. The van der Waals surface area contributed by atoms with Crippen molar-refractivity contribution in [1.29, 1.82) is 0 Å². The van der Waals surface area contributed by atoms with Gasteiger partial charge in [0.25, 0.3) is 17.5 Å². The summed E-state index contributed by atoms with van der Waals surface area (Å²) in [6.45, 7) is 0. The molecule has 1 heterocycles. The van der Waals surface area contributed by atoms with Crippen LogP contribution in [0.2, 0.25) is 5.02 Å². The van der Waals surface area contributed by atoms with E-state index in [1.54, 1.807) is 0 Å². The predicted octanol–water partition coefficient (Wildman–Crippen LogP) is 3.99. The molecule has 0 unspecified atom stereocenters. The standard InChI is InChI=1S/C21H11ClN2O6/c22-13-5-7-18(25)17(10-13)23-20(27)15-6-4-12(9-16(15)21(23)28)19(26)11-2-1-3-14(8-11)24(29)30/h1-10,25H. The van der Waals surface area contributed by atoms with Gasteiger partial charge >= 0.3 is 0 Å². The highest BCUT2D eigenvalue weighted by atomic mass is 35.5. The molecule has 0 saturated carbocycles. The second-order valence-electron chi connectivity index (χ2n) is 6.48. The summed E-state index contributed by atoms with van der Waals surface area (Å²) in [6, 6.07) is 13.1. The third-order valence-electron chi connectivity index (χ3n) is 4.65. The van der Waals surface area contributed by atoms with E-state index in [1.165, 1.54) is 54.6 Å². The number of non-ortho nitro benzene ring substituents is 1. The topological polar surface area (TPSA) is 118 Å². The molecule has 0 atom stereocenters. The van der Waals surface area contributed by atoms with E-state index in [-0.39, 0.29) is 44.4 Å². The van der Waals surface area contributed by atoms with Crippen molar-refractivity contribution >= 4 is 40.6 Å². The molecule has 148 valence electrons. The molecule has 0 fully saturated rings. The molecule has 3 aromatic carbocycles. The molecule has 3 aromatic rings. The number of hydrogen-bond donors (Lipinski definition) is 1. The number of amides is 2. The summed E-state index contributed by atoms with van der Waals surface area (Å²) in [5, 5.41) is 21.2. The Balaban J connectivity index is 1.73. The summed E-state index contributed by atoms with van der Waals surface area (Å²) in [4.78, 5) is 49.5. The number of carbonyl (C=O) groups excluding carboxylic acids is 3. The summed E-state index contributed by atoms with van der Waals surface area (Å²) < 4.78 is 0. The van der Waals surface area contributed by atoms with Crippen LogP contribution in [0.5, 0.6) is 5.75 Å². The normalized spacial score (nSPS) is 12.8. The molecule has 9 heteroatoms. The summed E-state index contributed by atoms with van der Waals surface area (Å²) >= 11 is 5.92. The molecule has 1 aliphatic rings. The van der Waals surface area contributed by atoms with Crippen molar-refractivity contribution in [2.45, 2.75) is 0 Å². The lowest BCUT2D eigenvalue weighted by atomic mass is 9.99. The molecule has 8 nitrogen and oxygen atoms in total. The molecule has 4 rings (SSSR count). The van der Waals surface area contributed by atoms with Crippen molar-refractivity contribution in [1.82, 2.24) is 0 Å². The van der Waals surface area contributed by atoms with Gasteiger partial charge in [0.1, 0.15) is 5.75 Å². The molecule has 0 radical (unpaired) electrons. The maximum Gasteiger partial charge on any atom is 0.270 e. The minimum absolute atomic E-state index is 0.0179. The number of benzene rings is 3. The molecule has 1 N–H and O–H groups in total. The van der Waals surface area contributed by atoms with Crippen LogP contribution < -0.4 is 4.90 Å². The van der Waals surface area contributed by atoms with Crippen LogP contribution in [0.15, 0.2) is 60.7 Å². The summed E-state index contributed by atoms with van der Waals surface area (Å²) in [7, 11) is 0. The van der Waals surface area contributed by atoms with Crippen LogP contribution in [0, 0.1) is 10.1 Å². The van der Waals surface area contributed by atoms with E-state index in [0.717, 1.165) is 11.0 Å². The van der Waals surface area contributed by atoms with Gasteiger partial charge in [0.15, 0.2) is 5.78 Å². The van der Waals surface area contributed by atoms with Crippen molar-refractivity contribution in [3.05, 3.63) is 98.1 Å². The van der Waals surface area contributed by atoms with Crippen molar-refractivity contribution in [3.63, 3.8) is 0 Å². The first-order chi connectivity index (χ1) is 14.3. The first-order valence-electron chi connectivity index (χ1n) is 8.58. The Labute approximate surface area is 174 Å². The fourth-order valence-electron chi connectivity index (χ4n) is 3.20. The third-order valence-corrected chi connectivity index (χ3v) is 4.88. The minimum Gasteiger partial charge on any atom is -0.506 e. The van der Waals surface area contributed by atoms with Crippen LogP contribution >= 0.6 is 11.6 Å². The Kier molecular flexibility index (Phi) is 4.56. The van der Waals surface area contributed by atoms with Crippen molar-refractivity contribution in [2.75, 3.05) is 4.90 Å². The number of carbonyl (C=O) groups is 3. The van der Waals surface area contributed by atoms with Gasteiger partial charge in [0, 0.05) is 28.3 Å². The van der Waals surface area contributed by atoms with E-state index in [1.807, 2.05) is 0 Å². The van der Waals surface area contributed by atoms with Crippen LogP contribution in [0.25, 0.3) is 0 Å². The smallest absolute Gasteiger partial charge is 0.270 e. The maximum atomic E-state index is 12.9. The number of nitro groups is 1. The van der Waals surface area contributed by atoms with E-state index in [4.69, 9.17) is 11.6 Å². The zero-order chi connectivity index (χ0) is 21.6. The number of ketones is 1. The number of nitro benzene ring substituents is 1. The molecular weight excluding hydrogens is 412 g/mol. The van der Waals surface area contributed by atoms with Crippen molar-refractivity contribution < 1.29 is 24.4 Å². The van der Waals surface area contributed by atoms with Gasteiger partial charge in [0.2, 0.25) is 0 Å². The largest absolute Gasteiger partial charge is 0.506 e. The van der Waals surface area contributed by atoms with Crippen LogP contribution in [-0.4, -0.2) is 27.6 Å². The number of nitrogens with zero attached hydrogens (tertiary/aromatic N) is 2. The zero-order valence-electron chi connectivity index (χ0n) is 15.0. The Hall–Kier alpha value is -4.04. The van der Waals surface area contributed by atoms with E-state index in [2.05, 4.69) is 0 Å². The molecule has 0 saturated heterocycles. The second kappa shape index (κ2) is 7.09. The maximum absolute atomic E-state index is 12.9. The second-order valence-corrected chi connectivity index (χ2v) is 6.91. The van der Waals surface area contributed by atoms with Gasteiger partial charge in [-0.15, -0.1) is 0 Å². The Bertz CT molecular complexity index is 1270. The number of halogens is 1. The molecule has 0 spiro atoms. The summed E-state index contributed by atoms with van der Waals surface area (Å²) in [5.74, 6) is -2.23. The number of imide groups is 1. The minimum atomic E-state index is -0.721. The molecule has 2 amide bonds. The number of rotatable bonds is 4. The van der Waals surface area contributed by atoms with Crippen molar-refractivity contribution in [3.8, 4) is 5.75 Å². The van der Waals surface area contributed by atoms with Gasteiger partial charge in [-0.1, -0.05) is 29.8 Å². The van der Waals surface area contributed by atoms with Gasteiger partial charge in [-0.3, -0.25) is 24.5 Å². The SMILES string of the molecule is O=C(c1cccc([N+](=O)[O-])c1)c1ccc2c(c1)C(=O)N(c1cc(Cl)ccc1O)C2=O. The number of anilines is 1. The lowest BCUT2D eigenvalue weighted by Crippen LogP contribution is -2.29. The van der Waals surface area contributed by atoms with Gasteiger partial charge in [0.05, 0.1) is 21.7 Å². The lowest BCUT2D eigenvalue weighted by molar-refractivity contribution is -0.384. The number of aromatic hydroxyl groups is 1. The Morgan fingerprint density at radius 2 is 1.63 bits per heavy atom. The molecular formula is C21H11ClN2O6. The molecule has 30 heavy (non-hydrogen) atoms. The number of fused-ring (bicyclic) bond motifs is 1. The summed E-state index contributed by atoms with van der Waals surface area (Å²) in [6.07, 6.45) is 0. The van der Waals surface area contributed by atoms with Crippen LogP contribution in [0.1, 0.15) is 36.6 Å². The third kappa shape index (κ3) is 3.09. The van der Waals surface area contributed by atoms with E-state index >= 15 is 0 Å². The first-order valence-corrected chi connectivity index (χ1v) is 8.96. The van der Waals surface area contributed by atoms with Gasteiger partial charge < -0.3 is 5.11 Å². The molecule has 0 aliphatic carbocycles. The average Bonchev–Trinajstić information content (AvgIpc) is 2.99. The fourth-order valence-corrected chi connectivity index (χ4v) is 3.37. The number of phenolic OH excluding ortho intramolecular Hbond substituents is 1. The molecule has 0 bridgehead atoms. The predicted molar refractivity (Wildman–Crippen MR) is 107 cm³/mol. The van der Waals surface area contributed by atoms with Crippen LogP contribution in [0.4, 0.5) is 11.4 Å². The zero-order valence-corrected chi connectivity index (χ0v) is 15.8. The highest BCUT2D eigenvalue weighted by molar-refractivity contribution is 6.36. The molecule has 0 aromatic heterocycles. The monoisotopic (exact) mass is 422 g/mol. The Morgan fingerprint density at radius 1 is 0.933 bits per heavy atom. The quantitative estimate of drug-likeness (QED) is 0.294. The highest BCUT2D eigenvalue weighted by Crippen LogP contribution is 2.36. The van der Waals surface area contributed by atoms with E-state index in [9.17, 15) is 29.6 Å². The van der Waals surface area contributed by atoms with Crippen LogP contribution in [-0.2, 0) is 0 Å². The molecule has 1 aliphatic heterocycles. The van der Waals surface area contributed by atoms with Gasteiger partial charge in [-0.25, -0.2) is 4.90 Å². The first kappa shape index (κ1) is 19.3. The van der Waals surface area contributed by atoms with Crippen molar-refractivity contribution in [2.24, 2.45) is 0 Å². The van der Waals surface area contributed by atoms with E-state index in [0.29, 0.717) is 0 Å². The number of phenols is 1. The van der Waals surface area contributed by atoms with E-state index < -0.39 is 22.5 Å². The van der Waals surface area contributed by atoms with Gasteiger partial charge in [-0.2, -0.15) is 0 Å². The lowest BCUT2D eigenvalue weighted by Gasteiger charge is -2.15. The Morgan fingerprint density at radius 3 is 2.37 bits per heavy atom. The van der Waals surface area contributed by atoms with Crippen LogP contribution in [0.3, 0.4) is 0 Å².